The van der Waals surface area contributed by atoms with Crippen LogP contribution in [0.4, 0.5) is 0 Å². The van der Waals surface area contributed by atoms with Crippen LogP contribution >= 0.6 is 0 Å². The van der Waals surface area contributed by atoms with Gasteiger partial charge in [0.2, 0.25) is 5.89 Å². The number of aromatic nitrogens is 1. The number of benzene rings is 3. The van der Waals surface area contributed by atoms with Gasteiger partial charge in [0.25, 0.3) is 0 Å². The first-order chi connectivity index (χ1) is 15.2. The van der Waals surface area contributed by atoms with Crippen LogP contribution in [0.2, 0.25) is 0 Å². The van der Waals surface area contributed by atoms with Gasteiger partial charge in [-0.3, -0.25) is 0 Å². The Morgan fingerprint density at radius 1 is 0.839 bits per heavy atom. The molecular weight excluding hydrogens is 386 g/mol. The second kappa shape index (κ2) is 8.15. The van der Waals surface area contributed by atoms with Gasteiger partial charge in [-0.1, -0.05) is 37.3 Å². The Morgan fingerprint density at radius 3 is 2.26 bits per heavy atom. The highest BCUT2D eigenvalue weighted by atomic mass is 16.5. The molecule has 1 aliphatic carbocycles. The Kier molecular flexibility index (Phi) is 5.04. The Labute approximate surface area is 181 Å². The van der Waals surface area contributed by atoms with Crippen LogP contribution in [-0.2, 0) is 0 Å². The van der Waals surface area contributed by atoms with Crippen LogP contribution in [0.15, 0.2) is 95.1 Å². The number of fused-ring (bicyclic) bond motifs is 1. The van der Waals surface area contributed by atoms with Gasteiger partial charge in [0.1, 0.15) is 22.8 Å². The van der Waals surface area contributed by atoms with Crippen molar-refractivity contribution >= 4 is 16.7 Å². The van der Waals surface area contributed by atoms with Gasteiger partial charge in [-0.05, 0) is 72.2 Å². The largest absolute Gasteiger partial charge is 0.497 e. The minimum Gasteiger partial charge on any atom is -0.497 e. The summed E-state index contributed by atoms with van der Waals surface area (Å²) < 4.78 is 17.2. The SMILES string of the molecule is COc1ccc(OC2=CC=C(c3ccc(-c4nc5ccccc5o4)cc3)CC2C)cc1. The van der Waals surface area contributed by atoms with Gasteiger partial charge < -0.3 is 13.9 Å². The number of methoxy groups -OCH3 is 1. The third kappa shape index (κ3) is 3.97. The Morgan fingerprint density at radius 2 is 1.55 bits per heavy atom. The van der Waals surface area contributed by atoms with Crippen LogP contribution in [0.3, 0.4) is 0 Å². The summed E-state index contributed by atoms with van der Waals surface area (Å²) >= 11 is 0. The van der Waals surface area contributed by atoms with Crippen LogP contribution in [0.1, 0.15) is 18.9 Å². The van der Waals surface area contributed by atoms with E-state index in [4.69, 9.17) is 13.9 Å². The van der Waals surface area contributed by atoms with E-state index in [1.807, 2.05) is 48.5 Å². The predicted molar refractivity (Wildman–Crippen MR) is 123 cm³/mol. The fraction of sp³-hybridized carbons (Fsp3) is 0.148. The molecule has 0 saturated carbocycles. The van der Waals surface area contributed by atoms with E-state index < -0.39 is 0 Å². The van der Waals surface area contributed by atoms with Crippen molar-refractivity contribution in [2.45, 2.75) is 13.3 Å². The summed E-state index contributed by atoms with van der Waals surface area (Å²) in [6.07, 6.45) is 5.14. The van der Waals surface area contributed by atoms with E-state index in [2.05, 4.69) is 48.3 Å². The molecule has 1 unspecified atom stereocenters. The normalized spacial score (nSPS) is 16.0. The van der Waals surface area contributed by atoms with Crippen LogP contribution in [0, 0.1) is 5.92 Å². The van der Waals surface area contributed by atoms with Crippen LogP contribution in [-0.4, -0.2) is 12.1 Å². The molecule has 4 nitrogen and oxygen atoms in total. The quantitative estimate of drug-likeness (QED) is 0.360. The number of hydrogen-bond acceptors (Lipinski definition) is 4. The first-order valence-corrected chi connectivity index (χ1v) is 10.4. The number of allylic oxidation sites excluding steroid dienone is 4. The minimum atomic E-state index is 0.291. The molecular formula is C27H23NO3. The van der Waals surface area contributed by atoms with E-state index in [0.717, 1.165) is 40.3 Å². The molecule has 0 bridgehead atoms. The second-order valence-corrected chi connectivity index (χ2v) is 7.71. The molecule has 3 aromatic carbocycles. The molecule has 154 valence electrons. The van der Waals surface area contributed by atoms with Crippen molar-refractivity contribution in [3.63, 3.8) is 0 Å². The molecule has 1 heterocycles. The number of hydrogen-bond donors (Lipinski definition) is 0. The topological polar surface area (TPSA) is 44.5 Å². The molecule has 5 rings (SSSR count). The van der Waals surface area contributed by atoms with Gasteiger partial charge >= 0.3 is 0 Å². The lowest BCUT2D eigenvalue weighted by atomic mass is 9.89. The molecule has 0 saturated heterocycles. The van der Waals surface area contributed by atoms with Gasteiger partial charge in [-0.2, -0.15) is 0 Å². The standard InChI is InChI=1S/C27H23NO3/c1-18-17-21(11-16-25(18)30-23-14-12-22(29-2)13-15-23)19-7-9-20(10-8-19)27-28-24-5-3-4-6-26(24)31-27/h3-16,18H,17H2,1-2H3. The molecule has 1 aromatic heterocycles. The first kappa shape index (κ1) is 19.2. The van der Waals surface area contributed by atoms with Gasteiger partial charge in [-0.15, -0.1) is 0 Å². The number of oxazole rings is 1. The lowest BCUT2D eigenvalue weighted by Gasteiger charge is -2.22. The van der Waals surface area contributed by atoms with Crippen molar-refractivity contribution in [1.29, 1.82) is 0 Å². The summed E-state index contributed by atoms with van der Waals surface area (Å²) in [6, 6.07) is 23.9. The van der Waals surface area contributed by atoms with Crippen LogP contribution in [0.5, 0.6) is 11.5 Å². The second-order valence-electron chi connectivity index (χ2n) is 7.71. The molecule has 0 fully saturated rings. The molecule has 0 spiro atoms. The summed E-state index contributed by atoms with van der Waals surface area (Å²) in [7, 11) is 1.66. The number of rotatable bonds is 5. The Bertz CT molecular complexity index is 1230. The highest BCUT2D eigenvalue weighted by molar-refractivity contribution is 5.77. The van der Waals surface area contributed by atoms with Gasteiger partial charge in [0.05, 0.1) is 7.11 Å². The summed E-state index contributed by atoms with van der Waals surface area (Å²) in [6.45, 7) is 2.19. The maximum absolute atomic E-state index is 6.10. The molecule has 0 radical (unpaired) electrons. The molecule has 1 atom stereocenters. The van der Waals surface area contributed by atoms with E-state index >= 15 is 0 Å². The van der Waals surface area contributed by atoms with E-state index in [1.54, 1.807) is 7.11 Å². The van der Waals surface area contributed by atoms with Crippen molar-refractivity contribution < 1.29 is 13.9 Å². The first-order valence-electron chi connectivity index (χ1n) is 10.4. The van der Waals surface area contributed by atoms with Crippen molar-refractivity contribution in [3.05, 3.63) is 96.3 Å². The smallest absolute Gasteiger partial charge is 0.227 e. The van der Waals surface area contributed by atoms with Crippen molar-refractivity contribution in [2.24, 2.45) is 5.92 Å². The molecule has 0 N–H and O–H groups in total. The van der Waals surface area contributed by atoms with Crippen molar-refractivity contribution in [3.8, 4) is 23.0 Å². The average Bonchev–Trinajstić information content (AvgIpc) is 3.25. The number of para-hydroxylation sites is 2. The zero-order valence-corrected chi connectivity index (χ0v) is 17.5. The van der Waals surface area contributed by atoms with E-state index in [0.29, 0.717) is 11.8 Å². The molecule has 0 aliphatic heterocycles. The lowest BCUT2D eigenvalue weighted by Crippen LogP contribution is -2.10. The van der Waals surface area contributed by atoms with Gasteiger partial charge in [-0.25, -0.2) is 4.98 Å². The monoisotopic (exact) mass is 409 g/mol. The lowest BCUT2D eigenvalue weighted by molar-refractivity contribution is 0.356. The fourth-order valence-electron chi connectivity index (χ4n) is 3.80. The highest BCUT2D eigenvalue weighted by Gasteiger charge is 2.18. The third-order valence-corrected chi connectivity index (χ3v) is 5.55. The maximum atomic E-state index is 6.10. The van der Waals surface area contributed by atoms with Crippen molar-refractivity contribution in [2.75, 3.05) is 7.11 Å². The average molecular weight is 409 g/mol. The van der Waals surface area contributed by atoms with E-state index in [1.165, 1.54) is 11.1 Å². The van der Waals surface area contributed by atoms with Crippen molar-refractivity contribution in [1.82, 2.24) is 4.98 Å². The Hall–Kier alpha value is -3.79. The molecule has 4 aromatic rings. The summed E-state index contributed by atoms with van der Waals surface area (Å²) in [5.41, 5.74) is 5.15. The molecule has 0 amide bonds. The predicted octanol–water partition coefficient (Wildman–Crippen LogP) is 6.89. The number of ether oxygens (including phenoxy) is 2. The van der Waals surface area contributed by atoms with Crippen LogP contribution < -0.4 is 9.47 Å². The van der Waals surface area contributed by atoms with E-state index in [9.17, 15) is 0 Å². The minimum absolute atomic E-state index is 0.291. The molecule has 1 aliphatic rings. The zero-order chi connectivity index (χ0) is 21.2. The fourth-order valence-corrected chi connectivity index (χ4v) is 3.80. The summed E-state index contributed by atoms with van der Waals surface area (Å²) in [5, 5.41) is 0. The van der Waals surface area contributed by atoms with E-state index in [-0.39, 0.29) is 0 Å². The molecule has 31 heavy (non-hydrogen) atoms. The number of nitrogens with zero attached hydrogens (tertiary/aromatic N) is 1. The third-order valence-electron chi connectivity index (χ3n) is 5.55. The highest BCUT2D eigenvalue weighted by Crippen LogP contribution is 2.34. The Balaban J connectivity index is 1.34. The van der Waals surface area contributed by atoms with Crippen LogP contribution in [0.25, 0.3) is 28.1 Å². The summed E-state index contributed by atoms with van der Waals surface area (Å²) in [4.78, 5) is 4.58. The molecule has 4 heteroatoms. The van der Waals surface area contributed by atoms with Gasteiger partial charge in [0.15, 0.2) is 5.58 Å². The zero-order valence-electron chi connectivity index (χ0n) is 17.5. The summed E-state index contributed by atoms with van der Waals surface area (Å²) in [5.74, 6) is 3.55. The maximum Gasteiger partial charge on any atom is 0.227 e. The van der Waals surface area contributed by atoms with Gasteiger partial charge in [0, 0.05) is 11.5 Å².